The van der Waals surface area contributed by atoms with E-state index in [9.17, 15) is 9.59 Å². The molecule has 0 radical (unpaired) electrons. The number of nitrogens with zero attached hydrogens (tertiary/aromatic N) is 1. The Morgan fingerprint density at radius 1 is 0.963 bits per heavy atom. The number of carbonyl (C=O) groups is 2. The third kappa shape index (κ3) is 5.66. The predicted octanol–water partition coefficient (Wildman–Crippen LogP) is 3.85. The van der Waals surface area contributed by atoms with E-state index >= 15 is 0 Å². The van der Waals surface area contributed by atoms with Crippen molar-refractivity contribution in [3.63, 3.8) is 0 Å². The van der Waals surface area contributed by atoms with E-state index in [1.165, 1.54) is 6.20 Å². The van der Waals surface area contributed by atoms with Crippen LogP contribution in [0.25, 0.3) is 0 Å². The van der Waals surface area contributed by atoms with E-state index in [1.807, 2.05) is 30.3 Å². The number of rotatable bonds is 6. The maximum atomic E-state index is 12.2. The number of nitrogens with one attached hydrogen (secondary N) is 2. The highest BCUT2D eigenvalue weighted by Gasteiger charge is 2.07. The van der Waals surface area contributed by atoms with Crippen molar-refractivity contribution < 1.29 is 9.59 Å². The normalized spacial score (nSPS) is 10.3. The first-order valence-corrected chi connectivity index (χ1v) is 8.79. The van der Waals surface area contributed by atoms with Gasteiger partial charge in [0.2, 0.25) is 5.91 Å². The zero-order chi connectivity index (χ0) is 19.1. The summed E-state index contributed by atoms with van der Waals surface area (Å²) in [6.45, 7) is 0.378. The van der Waals surface area contributed by atoms with E-state index in [4.69, 9.17) is 11.6 Å². The maximum absolute atomic E-state index is 12.2. The molecule has 5 nitrogen and oxygen atoms in total. The Labute approximate surface area is 162 Å². The lowest BCUT2D eigenvalue weighted by atomic mass is 10.1. The number of benzene rings is 2. The lowest BCUT2D eigenvalue weighted by molar-refractivity contribution is -0.120. The molecule has 0 fully saturated rings. The molecular formula is C21H18ClN3O2. The molecule has 6 heteroatoms. The third-order valence-electron chi connectivity index (χ3n) is 3.88. The Hall–Kier alpha value is -3.18. The fourth-order valence-corrected chi connectivity index (χ4v) is 2.64. The lowest BCUT2D eigenvalue weighted by Crippen LogP contribution is -2.24. The van der Waals surface area contributed by atoms with Gasteiger partial charge in [-0.2, -0.15) is 0 Å². The van der Waals surface area contributed by atoms with Gasteiger partial charge >= 0.3 is 0 Å². The van der Waals surface area contributed by atoms with Crippen molar-refractivity contribution in [3.05, 3.63) is 94.8 Å². The van der Waals surface area contributed by atoms with Gasteiger partial charge in [-0.3, -0.25) is 14.6 Å². The molecule has 2 N–H and O–H groups in total. The van der Waals surface area contributed by atoms with Gasteiger partial charge in [0.15, 0.2) is 0 Å². The van der Waals surface area contributed by atoms with Crippen LogP contribution in [-0.4, -0.2) is 16.8 Å². The molecule has 2 amide bonds. The van der Waals surface area contributed by atoms with Crippen molar-refractivity contribution >= 4 is 29.1 Å². The first-order valence-electron chi connectivity index (χ1n) is 8.41. The Kier molecular flexibility index (Phi) is 6.18. The molecule has 0 unspecified atom stereocenters. The molecular weight excluding hydrogens is 362 g/mol. The minimum atomic E-state index is -0.230. The number of carbonyl (C=O) groups excluding carboxylic acids is 2. The predicted molar refractivity (Wildman–Crippen MR) is 106 cm³/mol. The molecule has 0 aliphatic carbocycles. The minimum Gasteiger partial charge on any atom is -0.352 e. The molecule has 27 heavy (non-hydrogen) atoms. The Morgan fingerprint density at radius 3 is 2.52 bits per heavy atom. The second kappa shape index (κ2) is 8.96. The molecule has 0 aliphatic heterocycles. The molecule has 0 saturated carbocycles. The van der Waals surface area contributed by atoms with E-state index in [0.29, 0.717) is 22.8 Å². The lowest BCUT2D eigenvalue weighted by Gasteiger charge is -2.09. The monoisotopic (exact) mass is 379 g/mol. The highest BCUT2D eigenvalue weighted by molar-refractivity contribution is 6.30. The number of pyridine rings is 1. The van der Waals surface area contributed by atoms with E-state index in [-0.39, 0.29) is 18.2 Å². The molecule has 0 bridgehead atoms. The second-order valence-electron chi connectivity index (χ2n) is 5.98. The molecule has 0 saturated heterocycles. The standard InChI is InChI=1S/C21H18ClN3O2/c22-18-8-6-15(7-9-18)12-20(26)24-13-16-3-1-5-19(11-16)25-21(27)17-4-2-10-23-14-17/h1-11,14H,12-13H2,(H,24,26)(H,25,27). The molecule has 2 aromatic carbocycles. The SMILES string of the molecule is O=C(Cc1ccc(Cl)cc1)NCc1cccc(NC(=O)c2cccnc2)c1. The van der Waals surface area contributed by atoms with Crippen LogP contribution in [0.2, 0.25) is 5.02 Å². The van der Waals surface area contributed by atoms with Crippen LogP contribution in [0.3, 0.4) is 0 Å². The molecule has 3 aromatic rings. The van der Waals surface area contributed by atoms with Crippen LogP contribution in [0.4, 0.5) is 5.69 Å². The molecule has 3 rings (SSSR count). The van der Waals surface area contributed by atoms with E-state index in [0.717, 1.165) is 11.1 Å². The number of halogens is 1. The van der Waals surface area contributed by atoms with Crippen LogP contribution in [-0.2, 0) is 17.8 Å². The first-order chi connectivity index (χ1) is 13.1. The maximum Gasteiger partial charge on any atom is 0.257 e. The van der Waals surface area contributed by atoms with Crippen LogP contribution in [0.5, 0.6) is 0 Å². The number of anilines is 1. The van der Waals surface area contributed by atoms with Crippen molar-refractivity contribution in [3.8, 4) is 0 Å². The summed E-state index contributed by atoms with van der Waals surface area (Å²) in [5.74, 6) is -0.311. The van der Waals surface area contributed by atoms with E-state index < -0.39 is 0 Å². The largest absolute Gasteiger partial charge is 0.352 e. The topological polar surface area (TPSA) is 71.1 Å². The summed E-state index contributed by atoms with van der Waals surface area (Å²) in [5.41, 5.74) is 2.94. The van der Waals surface area contributed by atoms with Gasteiger partial charge in [0.25, 0.3) is 5.91 Å². The molecule has 0 spiro atoms. The number of hydrogen-bond acceptors (Lipinski definition) is 3. The van der Waals surface area contributed by atoms with Crippen LogP contribution in [0.15, 0.2) is 73.1 Å². The summed E-state index contributed by atoms with van der Waals surface area (Å²) in [6, 6.07) is 17.9. The second-order valence-corrected chi connectivity index (χ2v) is 6.41. The van der Waals surface area contributed by atoms with Gasteiger partial charge in [-0.05, 0) is 47.5 Å². The molecule has 136 valence electrons. The van der Waals surface area contributed by atoms with Gasteiger partial charge in [-0.15, -0.1) is 0 Å². The summed E-state index contributed by atoms with van der Waals surface area (Å²) in [7, 11) is 0. The summed E-state index contributed by atoms with van der Waals surface area (Å²) in [4.78, 5) is 28.2. The highest BCUT2D eigenvalue weighted by Crippen LogP contribution is 2.13. The van der Waals surface area contributed by atoms with E-state index in [2.05, 4.69) is 15.6 Å². The van der Waals surface area contributed by atoms with Gasteiger partial charge in [-0.25, -0.2) is 0 Å². The molecule has 1 aromatic heterocycles. The zero-order valence-electron chi connectivity index (χ0n) is 14.5. The summed E-state index contributed by atoms with van der Waals surface area (Å²) in [5, 5.41) is 6.35. The third-order valence-corrected chi connectivity index (χ3v) is 4.13. The first kappa shape index (κ1) is 18.6. The average molecular weight is 380 g/mol. The average Bonchev–Trinajstić information content (AvgIpc) is 2.69. The van der Waals surface area contributed by atoms with Gasteiger partial charge < -0.3 is 10.6 Å². The summed E-state index contributed by atoms with van der Waals surface area (Å²) >= 11 is 5.85. The van der Waals surface area contributed by atoms with Crippen molar-refractivity contribution in [1.29, 1.82) is 0 Å². The van der Waals surface area contributed by atoms with Crippen molar-refractivity contribution in [2.45, 2.75) is 13.0 Å². The quantitative estimate of drug-likeness (QED) is 0.683. The fraction of sp³-hybridized carbons (Fsp3) is 0.0952. The highest BCUT2D eigenvalue weighted by atomic mass is 35.5. The van der Waals surface area contributed by atoms with Crippen LogP contribution < -0.4 is 10.6 Å². The van der Waals surface area contributed by atoms with Crippen molar-refractivity contribution in [2.24, 2.45) is 0 Å². The minimum absolute atomic E-state index is 0.0814. The Morgan fingerprint density at radius 2 is 1.78 bits per heavy atom. The van der Waals surface area contributed by atoms with Crippen LogP contribution in [0.1, 0.15) is 21.5 Å². The molecule has 0 aliphatic rings. The summed E-state index contributed by atoms with van der Waals surface area (Å²) < 4.78 is 0. The van der Waals surface area contributed by atoms with Crippen LogP contribution in [0, 0.1) is 0 Å². The smallest absolute Gasteiger partial charge is 0.257 e. The number of hydrogen-bond donors (Lipinski definition) is 2. The van der Waals surface area contributed by atoms with Gasteiger partial charge in [0.05, 0.1) is 12.0 Å². The molecule has 1 heterocycles. The van der Waals surface area contributed by atoms with Gasteiger partial charge in [0, 0.05) is 29.6 Å². The fourth-order valence-electron chi connectivity index (χ4n) is 2.51. The Balaban J connectivity index is 1.55. The van der Waals surface area contributed by atoms with Gasteiger partial charge in [0.1, 0.15) is 0 Å². The number of amides is 2. The molecule has 0 atom stereocenters. The number of aromatic nitrogens is 1. The zero-order valence-corrected chi connectivity index (χ0v) is 15.2. The van der Waals surface area contributed by atoms with Crippen molar-refractivity contribution in [1.82, 2.24) is 10.3 Å². The summed E-state index contributed by atoms with van der Waals surface area (Å²) in [6.07, 6.45) is 3.41. The van der Waals surface area contributed by atoms with Gasteiger partial charge in [-0.1, -0.05) is 35.9 Å². The van der Waals surface area contributed by atoms with Crippen LogP contribution >= 0.6 is 11.6 Å². The van der Waals surface area contributed by atoms with Crippen molar-refractivity contribution in [2.75, 3.05) is 5.32 Å². The Bertz CT molecular complexity index is 928. The van der Waals surface area contributed by atoms with E-state index in [1.54, 1.807) is 36.5 Å².